The summed E-state index contributed by atoms with van der Waals surface area (Å²) in [5, 5.41) is 5.04. The highest BCUT2D eigenvalue weighted by Crippen LogP contribution is 2.35. The second-order valence-corrected chi connectivity index (χ2v) is 5.19. The van der Waals surface area contributed by atoms with Gasteiger partial charge in [0, 0.05) is 25.7 Å². The molecule has 1 aliphatic rings. The van der Waals surface area contributed by atoms with Crippen molar-refractivity contribution in [3.63, 3.8) is 0 Å². The van der Waals surface area contributed by atoms with Crippen LogP contribution in [0.1, 0.15) is 6.92 Å². The van der Waals surface area contributed by atoms with E-state index in [2.05, 4.69) is 17.1 Å². The van der Waals surface area contributed by atoms with Crippen LogP contribution < -0.4 is 10.2 Å². The fourth-order valence-electron chi connectivity index (χ4n) is 1.93. The van der Waals surface area contributed by atoms with Crippen molar-refractivity contribution in [3.05, 3.63) is 27.2 Å². The zero-order valence-electron chi connectivity index (χ0n) is 8.93. The minimum atomic E-state index is 0.406. The SMILES string of the molecule is CC1CNCCN1c1cc(Cl)c(Cl)cc1Cl. The van der Waals surface area contributed by atoms with Gasteiger partial charge in [-0.3, -0.25) is 0 Å². The molecule has 5 heteroatoms. The first-order chi connectivity index (χ1) is 7.59. The van der Waals surface area contributed by atoms with E-state index in [-0.39, 0.29) is 0 Å². The number of benzene rings is 1. The standard InChI is InChI=1S/C11H13Cl3N2/c1-7-6-15-2-3-16(7)11-5-9(13)8(12)4-10(11)14/h4-5,7,15H,2-3,6H2,1H3. The van der Waals surface area contributed by atoms with Crippen LogP contribution in [0.15, 0.2) is 12.1 Å². The Labute approximate surface area is 110 Å². The molecule has 1 fully saturated rings. The van der Waals surface area contributed by atoms with Crippen LogP contribution >= 0.6 is 34.8 Å². The van der Waals surface area contributed by atoms with Gasteiger partial charge in [-0.05, 0) is 19.1 Å². The third-order valence-electron chi connectivity index (χ3n) is 2.80. The molecule has 0 radical (unpaired) electrons. The maximum atomic E-state index is 6.19. The van der Waals surface area contributed by atoms with Gasteiger partial charge in [0.15, 0.2) is 0 Å². The molecule has 2 rings (SSSR count). The topological polar surface area (TPSA) is 15.3 Å². The molecule has 1 atom stereocenters. The molecule has 0 amide bonds. The first-order valence-corrected chi connectivity index (χ1v) is 6.35. The molecule has 1 N–H and O–H groups in total. The second kappa shape index (κ2) is 5.01. The molecule has 0 aliphatic carbocycles. The zero-order valence-corrected chi connectivity index (χ0v) is 11.2. The van der Waals surface area contributed by atoms with Crippen molar-refractivity contribution in [2.75, 3.05) is 24.5 Å². The fraction of sp³-hybridized carbons (Fsp3) is 0.455. The lowest BCUT2D eigenvalue weighted by Gasteiger charge is -2.36. The van der Waals surface area contributed by atoms with Gasteiger partial charge in [0.1, 0.15) is 0 Å². The van der Waals surface area contributed by atoms with E-state index in [9.17, 15) is 0 Å². The van der Waals surface area contributed by atoms with E-state index in [1.807, 2.05) is 6.07 Å². The molecule has 1 heterocycles. The minimum Gasteiger partial charge on any atom is -0.365 e. The molecule has 88 valence electrons. The van der Waals surface area contributed by atoms with Gasteiger partial charge in [-0.1, -0.05) is 34.8 Å². The monoisotopic (exact) mass is 278 g/mol. The smallest absolute Gasteiger partial charge is 0.0655 e. The average Bonchev–Trinajstić information content (AvgIpc) is 2.25. The van der Waals surface area contributed by atoms with Gasteiger partial charge >= 0.3 is 0 Å². The Hall–Kier alpha value is -0.150. The van der Waals surface area contributed by atoms with Crippen LogP contribution in [-0.2, 0) is 0 Å². The molecule has 1 aliphatic heterocycles. The summed E-state index contributed by atoms with van der Waals surface area (Å²) in [7, 11) is 0. The highest BCUT2D eigenvalue weighted by atomic mass is 35.5. The van der Waals surface area contributed by atoms with Crippen molar-refractivity contribution in [3.8, 4) is 0 Å². The van der Waals surface area contributed by atoms with Crippen LogP contribution in [0.2, 0.25) is 15.1 Å². The predicted octanol–water partition coefficient (Wildman–Crippen LogP) is 3.44. The molecule has 0 saturated carbocycles. The normalized spacial score (nSPS) is 21.2. The lowest BCUT2D eigenvalue weighted by atomic mass is 10.2. The lowest BCUT2D eigenvalue weighted by molar-refractivity contribution is 0.501. The predicted molar refractivity (Wildman–Crippen MR) is 71.1 cm³/mol. The Morgan fingerprint density at radius 2 is 1.88 bits per heavy atom. The zero-order chi connectivity index (χ0) is 11.7. The average molecular weight is 280 g/mol. The quantitative estimate of drug-likeness (QED) is 0.792. The van der Waals surface area contributed by atoms with E-state index >= 15 is 0 Å². The van der Waals surface area contributed by atoms with Crippen molar-refractivity contribution < 1.29 is 0 Å². The summed E-state index contributed by atoms with van der Waals surface area (Å²) >= 11 is 18.1. The van der Waals surface area contributed by atoms with Crippen LogP contribution in [-0.4, -0.2) is 25.7 Å². The first kappa shape index (κ1) is 12.3. The molecule has 1 saturated heterocycles. The van der Waals surface area contributed by atoms with Crippen molar-refractivity contribution in [2.45, 2.75) is 13.0 Å². The molecule has 16 heavy (non-hydrogen) atoms. The largest absolute Gasteiger partial charge is 0.365 e. The lowest BCUT2D eigenvalue weighted by Crippen LogP contribution is -2.50. The Morgan fingerprint density at radius 1 is 1.19 bits per heavy atom. The van der Waals surface area contributed by atoms with Gasteiger partial charge in [-0.2, -0.15) is 0 Å². The number of hydrogen-bond donors (Lipinski definition) is 1. The highest BCUT2D eigenvalue weighted by molar-refractivity contribution is 6.44. The Bertz CT molecular complexity index is 395. The molecule has 1 aromatic carbocycles. The van der Waals surface area contributed by atoms with Crippen molar-refractivity contribution in [1.82, 2.24) is 5.32 Å². The van der Waals surface area contributed by atoms with E-state index in [0.717, 1.165) is 25.3 Å². The first-order valence-electron chi connectivity index (χ1n) is 5.21. The fourth-order valence-corrected chi connectivity index (χ4v) is 2.58. The van der Waals surface area contributed by atoms with Gasteiger partial charge in [0.25, 0.3) is 0 Å². The molecule has 0 spiro atoms. The van der Waals surface area contributed by atoms with E-state index < -0.39 is 0 Å². The van der Waals surface area contributed by atoms with Gasteiger partial charge in [0.2, 0.25) is 0 Å². The number of nitrogens with one attached hydrogen (secondary N) is 1. The molecular formula is C11H13Cl3N2. The third kappa shape index (κ3) is 2.40. The van der Waals surface area contributed by atoms with Gasteiger partial charge in [-0.25, -0.2) is 0 Å². The summed E-state index contributed by atoms with van der Waals surface area (Å²) in [5.41, 5.74) is 0.963. The Kier molecular flexibility index (Phi) is 3.85. The summed E-state index contributed by atoms with van der Waals surface area (Å²) in [6.45, 7) is 5.00. The van der Waals surface area contributed by atoms with E-state index in [0.29, 0.717) is 21.1 Å². The highest BCUT2D eigenvalue weighted by Gasteiger charge is 2.21. The summed E-state index contributed by atoms with van der Waals surface area (Å²) in [6.07, 6.45) is 0. The van der Waals surface area contributed by atoms with Crippen molar-refractivity contribution in [1.29, 1.82) is 0 Å². The number of anilines is 1. The van der Waals surface area contributed by atoms with E-state index in [4.69, 9.17) is 34.8 Å². The number of halogens is 3. The van der Waals surface area contributed by atoms with Crippen LogP contribution in [0.4, 0.5) is 5.69 Å². The summed E-state index contributed by atoms with van der Waals surface area (Å²) < 4.78 is 0. The number of hydrogen-bond acceptors (Lipinski definition) is 2. The number of nitrogens with zero attached hydrogens (tertiary/aromatic N) is 1. The van der Waals surface area contributed by atoms with Gasteiger partial charge in [-0.15, -0.1) is 0 Å². The number of rotatable bonds is 1. The second-order valence-electron chi connectivity index (χ2n) is 3.96. The number of piperazine rings is 1. The third-order valence-corrected chi connectivity index (χ3v) is 3.83. The van der Waals surface area contributed by atoms with Crippen LogP contribution in [0.5, 0.6) is 0 Å². The summed E-state index contributed by atoms with van der Waals surface area (Å²) in [6, 6.07) is 3.95. The Morgan fingerprint density at radius 3 is 2.56 bits per heavy atom. The van der Waals surface area contributed by atoms with E-state index in [1.165, 1.54) is 0 Å². The van der Waals surface area contributed by atoms with E-state index in [1.54, 1.807) is 6.07 Å². The molecule has 1 aromatic rings. The Balaban J connectivity index is 2.35. The van der Waals surface area contributed by atoms with Crippen molar-refractivity contribution >= 4 is 40.5 Å². The maximum Gasteiger partial charge on any atom is 0.0655 e. The minimum absolute atomic E-state index is 0.406. The van der Waals surface area contributed by atoms with Gasteiger partial charge < -0.3 is 10.2 Å². The molecule has 1 unspecified atom stereocenters. The molecule has 0 bridgehead atoms. The maximum absolute atomic E-state index is 6.19. The molecule has 2 nitrogen and oxygen atoms in total. The van der Waals surface area contributed by atoms with Gasteiger partial charge in [0.05, 0.1) is 20.8 Å². The van der Waals surface area contributed by atoms with Crippen LogP contribution in [0.25, 0.3) is 0 Å². The van der Waals surface area contributed by atoms with Crippen LogP contribution in [0.3, 0.4) is 0 Å². The summed E-state index contributed by atoms with van der Waals surface area (Å²) in [5.74, 6) is 0. The van der Waals surface area contributed by atoms with Crippen molar-refractivity contribution in [2.24, 2.45) is 0 Å². The van der Waals surface area contributed by atoms with Crippen LogP contribution in [0, 0.1) is 0 Å². The molecular weight excluding hydrogens is 266 g/mol. The molecule has 0 aromatic heterocycles. The summed E-state index contributed by atoms with van der Waals surface area (Å²) in [4.78, 5) is 2.25.